The van der Waals surface area contributed by atoms with Gasteiger partial charge in [0.25, 0.3) is 0 Å². The molecule has 0 saturated carbocycles. The standard InChI is InChI=1S/C16H17ClN4O/c1-21-14-6-4-3-5-12(14)19-16(15(21)18)20-13-9-10(22-2)7-8-11(13)17/h3-9,15H,18H2,1-2H3,(H,19,20). The van der Waals surface area contributed by atoms with Gasteiger partial charge in [0.15, 0.2) is 0 Å². The van der Waals surface area contributed by atoms with E-state index in [1.165, 1.54) is 0 Å². The lowest BCUT2D eigenvalue weighted by Crippen LogP contribution is -2.50. The number of amidine groups is 1. The van der Waals surface area contributed by atoms with Crippen LogP contribution in [0.25, 0.3) is 0 Å². The molecule has 0 radical (unpaired) electrons. The van der Waals surface area contributed by atoms with Gasteiger partial charge in [0.2, 0.25) is 0 Å². The average Bonchev–Trinajstić information content (AvgIpc) is 2.54. The summed E-state index contributed by atoms with van der Waals surface area (Å²) in [7, 11) is 3.55. The maximum absolute atomic E-state index is 6.26. The fourth-order valence-corrected chi connectivity index (χ4v) is 2.52. The van der Waals surface area contributed by atoms with Crippen LogP contribution in [0.2, 0.25) is 5.02 Å². The van der Waals surface area contributed by atoms with E-state index in [-0.39, 0.29) is 6.17 Å². The summed E-state index contributed by atoms with van der Waals surface area (Å²) in [5.74, 6) is 1.35. The van der Waals surface area contributed by atoms with Crippen molar-refractivity contribution in [3.8, 4) is 5.75 Å². The van der Waals surface area contributed by atoms with Crippen LogP contribution < -0.4 is 20.7 Å². The van der Waals surface area contributed by atoms with Crippen molar-refractivity contribution in [3.63, 3.8) is 0 Å². The molecule has 5 nitrogen and oxygen atoms in total. The molecule has 1 heterocycles. The Morgan fingerprint density at radius 2 is 2.05 bits per heavy atom. The predicted octanol–water partition coefficient (Wildman–Crippen LogP) is 3.23. The number of methoxy groups -OCH3 is 1. The van der Waals surface area contributed by atoms with Crippen LogP contribution in [-0.4, -0.2) is 26.2 Å². The van der Waals surface area contributed by atoms with Crippen molar-refractivity contribution in [1.82, 2.24) is 0 Å². The Labute approximate surface area is 134 Å². The molecule has 2 aromatic carbocycles. The van der Waals surface area contributed by atoms with Crippen LogP contribution in [0.15, 0.2) is 47.5 Å². The van der Waals surface area contributed by atoms with Crippen molar-refractivity contribution in [3.05, 3.63) is 47.5 Å². The minimum absolute atomic E-state index is 0.378. The van der Waals surface area contributed by atoms with Crippen molar-refractivity contribution < 1.29 is 4.74 Å². The van der Waals surface area contributed by atoms with Crippen LogP contribution in [-0.2, 0) is 0 Å². The van der Waals surface area contributed by atoms with Crippen LogP contribution in [0.4, 0.5) is 17.1 Å². The zero-order chi connectivity index (χ0) is 15.7. The summed E-state index contributed by atoms with van der Waals surface area (Å²) in [6.07, 6.45) is -0.378. The van der Waals surface area contributed by atoms with Gasteiger partial charge in [-0.2, -0.15) is 0 Å². The van der Waals surface area contributed by atoms with Gasteiger partial charge in [-0.1, -0.05) is 23.7 Å². The maximum atomic E-state index is 6.26. The number of nitrogens with two attached hydrogens (primary N) is 1. The van der Waals surface area contributed by atoms with Crippen LogP contribution in [0.3, 0.4) is 0 Å². The lowest BCUT2D eigenvalue weighted by molar-refractivity contribution is 0.415. The van der Waals surface area contributed by atoms with E-state index in [2.05, 4.69) is 10.3 Å². The molecular formula is C16H17ClN4O. The van der Waals surface area contributed by atoms with E-state index in [0.717, 1.165) is 11.4 Å². The van der Waals surface area contributed by atoms with Crippen LogP contribution >= 0.6 is 11.6 Å². The van der Waals surface area contributed by atoms with E-state index in [1.807, 2.05) is 42.3 Å². The molecule has 1 unspecified atom stereocenters. The van der Waals surface area contributed by atoms with Gasteiger partial charge >= 0.3 is 0 Å². The van der Waals surface area contributed by atoms with Crippen molar-refractivity contribution in [2.45, 2.75) is 6.17 Å². The van der Waals surface area contributed by atoms with Gasteiger partial charge in [-0.15, -0.1) is 0 Å². The third-order valence-corrected chi connectivity index (χ3v) is 3.97. The second kappa shape index (κ2) is 5.87. The summed E-state index contributed by atoms with van der Waals surface area (Å²) in [6, 6.07) is 13.3. The summed E-state index contributed by atoms with van der Waals surface area (Å²) in [6.45, 7) is 0. The molecule has 6 heteroatoms. The van der Waals surface area contributed by atoms with Gasteiger partial charge in [-0.3, -0.25) is 0 Å². The Bertz CT molecular complexity index is 732. The maximum Gasteiger partial charge on any atom is 0.144 e. The normalized spacial score (nSPS) is 16.8. The number of likely N-dealkylation sites (N-methyl/N-ethyl adjacent to an activating group) is 1. The third kappa shape index (κ3) is 2.61. The molecular weight excluding hydrogens is 300 g/mol. The topological polar surface area (TPSA) is 62.9 Å². The van der Waals surface area contributed by atoms with E-state index < -0.39 is 0 Å². The minimum Gasteiger partial charge on any atom is -0.497 e. The van der Waals surface area contributed by atoms with E-state index in [4.69, 9.17) is 22.1 Å². The Balaban J connectivity index is 1.97. The molecule has 1 aliphatic heterocycles. The molecule has 3 N–H and O–H groups in total. The number of aliphatic imine (C=N–C) groups is 1. The van der Waals surface area contributed by atoms with Gasteiger partial charge < -0.3 is 20.7 Å². The first kappa shape index (κ1) is 14.7. The SMILES string of the molecule is COc1ccc(Cl)c(NC2=Nc3ccccc3N(C)C2N)c1. The molecule has 0 bridgehead atoms. The van der Waals surface area contributed by atoms with Crippen molar-refractivity contribution in [2.24, 2.45) is 10.7 Å². The number of para-hydroxylation sites is 2. The Kier molecular flexibility index (Phi) is 3.92. The van der Waals surface area contributed by atoms with Crippen LogP contribution in [0, 0.1) is 0 Å². The number of anilines is 2. The number of benzene rings is 2. The first-order chi connectivity index (χ1) is 10.6. The molecule has 22 heavy (non-hydrogen) atoms. The van der Waals surface area contributed by atoms with Gasteiger partial charge in [0.1, 0.15) is 17.8 Å². The molecule has 1 aliphatic rings. The number of nitrogens with zero attached hydrogens (tertiary/aromatic N) is 2. The molecule has 0 fully saturated rings. The lowest BCUT2D eigenvalue weighted by Gasteiger charge is -2.33. The minimum atomic E-state index is -0.378. The Morgan fingerprint density at radius 1 is 1.27 bits per heavy atom. The lowest BCUT2D eigenvalue weighted by atomic mass is 10.2. The van der Waals surface area contributed by atoms with Gasteiger partial charge in [-0.05, 0) is 24.3 Å². The molecule has 3 rings (SSSR count). The van der Waals surface area contributed by atoms with E-state index in [0.29, 0.717) is 22.3 Å². The molecule has 2 aromatic rings. The summed E-state index contributed by atoms with van der Waals surface area (Å²) >= 11 is 6.23. The second-order valence-electron chi connectivity index (χ2n) is 5.01. The summed E-state index contributed by atoms with van der Waals surface area (Å²) in [4.78, 5) is 6.58. The number of fused-ring (bicyclic) bond motifs is 1. The molecule has 114 valence electrons. The number of rotatable bonds is 2. The van der Waals surface area contributed by atoms with E-state index in [9.17, 15) is 0 Å². The number of nitrogens with one attached hydrogen (secondary N) is 1. The second-order valence-corrected chi connectivity index (χ2v) is 5.42. The van der Waals surface area contributed by atoms with Crippen molar-refractivity contribution in [2.75, 3.05) is 24.4 Å². The van der Waals surface area contributed by atoms with E-state index >= 15 is 0 Å². The molecule has 0 aromatic heterocycles. The highest BCUT2D eigenvalue weighted by Crippen LogP contribution is 2.33. The largest absolute Gasteiger partial charge is 0.497 e. The molecule has 0 aliphatic carbocycles. The Hall–Kier alpha value is -2.24. The van der Waals surface area contributed by atoms with Crippen LogP contribution in [0.1, 0.15) is 0 Å². The number of hydrogen-bond donors (Lipinski definition) is 2. The fraction of sp³-hybridized carbons (Fsp3) is 0.188. The van der Waals surface area contributed by atoms with Crippen molar-refractivity contribution in [1.29, 1.82) is 0 Å². The molecule has 1 atom stereocenters. The summed E-state index contributed by atoms with van der Waals surface area (Å²) < 4.78 is 5.22. The zero-order valence-corrected chi connectivity index (χ0v) is 13.1. The van der Waals surface area contributed by atoms with Gasteiger partial charge in [0, 0.05) is 13.1 Å². The highest BCUT2D eigenvalue weighted by molar-refractivity contribution is 6.34. The molecule has 0 amide bonds. The molecule has 0 spiro atoms. The van der Waals surface area contributed by atoms with E-state index in [1.54, 1.807) is 19.2 Å². The van der Waals surface area contributed by atoms with Crippen LogP contribution in [0.5, 0.6) is 5.75 Å². The third-order valence-electron chi connectivity index (χ3n) is 3.64. The fourth-order valence-electron chi connectivity index (χ4n) is 2.35. The average molecular weight is 317 g/mol. The van der Waals surface area contributed by atoms with Crippen molar-refractivity contribution >= 4 is 34.5 Å². The molecule has 0 saturated heterocycles. The number of halogens is 1. The first-order valence-corrected chi connectivity index (χ1v) is 7.24. The number of hydrogen-bond acceptors (Lipinski definition) is 5. The predicted molar refractivity (Wildman–Crippen MR) is 91.5 cm³/mol. The number of ether oxygens (including phenoxy) is 1. The highest BCUT2D eigenvalue weighted by Gasteiger charge is 2.24. The van der Waals surface area contributed by atoms with Gasteiger partial charge in [0.05, 0.1) is 29.2 Å². The first-order valence-electron chi connectivity index (χ1n) is 6.86. The van der Waals surface area contributed by atoms with Gasteiger partial charge in [-0.25, -0.2) is 4.99 Å². The quantitative estimate of drug-likeness (QED) is 0.893. The highest BCUT2D eigenvalue weighted by atomic mass is 35.5. The smallest absolute Gasteiger partial charge is 0.144 e. The summed E-state index contributed by atoms with van der Waals surface area (Å²) in [5.41, 5.74) is 8.84. The monoisotopic (exact) mass is 316 g/mol. The summed E-state index contributed by atoms with van der Waals surface area (Å²) in [5, 5.41) is 3.80. The Morgan fingerprint density at radius 3 is 2.82 bits per heavy atom. The zero-order valence-electron chi connectivity index (χ0n) is 12.4.